The number of hydrogen-bond donors (Lipinski definition) is 0. The van der Waals surface area contributed by atoms with Crippen LogP contribution >= 0.6 is 0 Å². The molecule has 1 fully saturated rings. The van der Waals surface area contributed by atoms with Gasteiger partial charge in [-0.25, -0.2) is 0 Å². The van der Waals surface area contributed by atoms with Crippen molar-refractivity contribution >= 4 is 17.8 Å². The first-order valence-corrected chi connectivity index (χ1v) is 5.99. The lowest BCUT2D eigenvalue weighted by molar-refractivity contribution is -0.153. The van der Waals surface area contributed by atoms with Gasteiger partial charge in [0.1, 0.15) is 6.54 Å². The SMILES string of the molecule is CCCCOC(=O)CN1C(=O)C(C)C(C)C1=O. The molecule has 5 heteroatoms. The van der Waals surface area contributed by atoms with Gasteiger partial charge in [-0.1, -0.05) is 27.2 Å². The summed E-state index contributed by atoms with van der Waals surface area (Å²) in [7, 11) is 0. The standard InChI is InChI=1S/C12H19NO4/c1-4-5-6-17-10(14)7-13-11(15)8(2)9(3)12(13)16/h8-9H,4-7H2,1-3H3. The number of amides is 2. The third-order valence-electron chi connectivity index (χ3n) is 3.11. The highest BCUT2D eigenvalue weighted by atomic mass is 16.5. The van der Waals surface area contributed by atoms with E-state index in [0.717, 1.165) is 17.7 Å². The highest BCUT2D eigenvalue weighted by Gasteiger charge is 2.43. The van der Waals surface area contributed by atoms with Gasteiger partial charge in [0.15, 0.2) is 0 Å². The van der Waals surface area contributed by atoms with Gasteiger partial charge in [0.05, 0.1) is 6.61 Å². The number of likely N-dealkylation sites (tertiary alicyclic amines) is 1. The molecule has 96 valence electrons. The zero-order valence-electron chi connectivity index (χ0n) is 10.6. The van der Waals surface area contributed by atoms with Crippen LogP contribution in [0, 0.1) is 11.8 Å². The van der Waals surface area contributed by atoms with Crippen molar-refractivity contribution in [3.8, 4) is 0 Å². The molecule has 2 unspecified atom stereocenters. The number of esters is 1. The monoisotopic (exact) mass is 241 g/mol. The minimum absolute atomic E-state index is 0.254. The summed E-state index contributed by atoms with van der Waals surface area (Å²) in [6.07, 6.45) is 1.73. The number of carbonyl (C=O) groups excluding carboxylic acids is 3. The summed E-state index contributed by atoms with van der Waals surface area (Å²) < 4.78 is 4.93. The third kappa shape index (κ3) is 3.05. The number of hydrogen-bond acceptors (Lipinski definition) is 4. The van der Waals surface area contributed by atoms with Gasteiger partial charge >= 0.3 is 5.97 Å². The van der Waals surface area contributed by atoms with Gasteiger partial charge in [-0.15, -0.1) is 0 Å². The van der Waals surface area contributed by atoms with Crippen LogP contribution in [0.3, 0.4) is 0 Å². The third-order valence-corrected chi connectivity index (χ3v) is 3.11. The molecule has 0 aliphatic carbocycles. The molecule has 0 saturated carbocycles. The summed E-state index contributed by atoms with van der Waals surface area (Å²) >= 11 is 0. The number of rotatable bonds is 5. The van der Waals surface area contributed by atoms with E-state index in [2.05, 4.69) is 0 Å². The van der Waals surface area contributed by atoms with Crippen molar-refractivity contribution in [1.29, 1.82) is 0 Å². The van der Waals surface area contributed by atoms with Crippen LogP contribution in [0.2, 0.25) is 0 Å². The topological polar surface area (TPSA) is 63.7 Å². The number of nitrogens with zero attached hydrogens (tertiary/aromatic N) is 1. The molecule has 0 N–H and O–H groups in total. The van der Waals surface area contributed by atoms with Gasteiger partial charge < -0.3 is 4.74 Å². The molecule has 2 atom stereocenters. The zero-order chi connectivity index (χ0) is 13.0. The zero-order valence-corrected chi connectivity index (χ0v) is 10.6. The molecule has 1 aliphatic heterocycles. The second kappa shape index (κ2) is 5.80. The summed E-state index contributed by atoms with van der Waals surface area (Å²) in [5.41, 5.74) is 0. The van der Waals surface area contributed by atoms with Crippen LogP contribution in [0.15, 0.2) is 0 Å². The molecule has 0 bridgehead atoms. The lowest BCUT2D eigenvalue weighted by Gasteiger charge is -2.13. The van der Waals surface area contributed by atoms with E-state index in [1.807, 2.05) is 6.92 Å². The lowest BCUT2D eigenvalue weighted by atomic mass is 10.00. The van der Waals surface area contributed by atoms with Crippen molar-refractivity contribution in [2.24, 2.45) is 11.8 Å². The number of ether oxygens (including phenoxy) is 1. The van der Waals surface area contributed by atoms with E-state index >= 15 is 0 Å². The van der Waals surface area contributed by atoms with Gasteiger partial charge in [-0.3, -0.25) is 19.3 Å². The Morgan fingerprint density at radius 3 is 2.24 bits per heavy atom. The first-order valence-electron chi connectivity index (χ1n) is 5.99. The molecule has 0 aromatic carbocycles. The second-order valence-corrected chi connectivity index (χ2v) is 4.41. The van der Waals surface area contributed by atoms with Crippen molar-refractivity contribution in [3.05, 3.63) is 0 Å². The Morgan fingerprint density at radius 2 is 1.76 bits per heavy atom. The Hall–Kier alpha value is -1.39. The van der Waals surface area contributed by atoms with E-state index in [-0.39, 0.29) is 30.2 Å². The van der Waals surface area contributed by atoms with E-state index < -0.39 is 5.97 Å². The maximum atomic E-state index is 11.7. The molecule has 1 saturated heterocycles. The van der Waals surface area contributed by atoms with Gasteiger partial charge in [0.2, 0.25) is 11.8 Å². The minimum Gasteiger partial charge on any atom is -0.464 e. The Bertz CT molecular complexity index is 306. The van der Waals surface area contributed by atoms with E-state index in [1.54, 1.807) is 13.8 Å². The molecule has 1 rings (SSSR count). The first kappa shape index (κ1) is 13.7. The predicted molar refractivity (Wildman–Crippen MR) is 60.9 cm³/mol. The Kier molecular flexibility index (Phi) is 4.66. The molecule has 1 heterocycles. The minimum atomic E-state index is -0.513. The highest BCUT2D eigenvalue weighted by Crippen LogP contribution is 2.24. The molecule has 0 aromatic heterocycles. The van der Waals surface area contributed by atoms with Crippen molar-refractivity contribution in [3.63, 3.8) is 0 Å². The average molecular weight is 241 g/mol. The number of unbranched alkanes of at least 4 members (excludes halogenated alkanes) is 1. The molecular weight excluding hydrogens is 222 g/mol. The maximum absolute atomic E-state index is 11.7. The van der Waals surface area contributed by atoms with Crippen LogP contribution < -0.4 is 0 Å². The normalized spacial score (nSPS) is 24.3. The fraction of sp³-hybridized carbons (Fsp3) is 0.750. The Labute approximate surface area is 101 Å². The Morgan fingerprint density at radius 1 is 1.24 bits per heavy atom. The van der Waals surface area contributed by atoms with Crippen LogP contribution in [0.4, 0.5) is 0 Å². The summed E-state index contributed by atoms with van der Waals surface area (Å²) in [6.45, 7) is 5.48. The molecule has 2 amide bonds. The molecule has 0 radical (unpaired) electrons. The quantitative estimate of drug-likeness (QED) is 0.409. The molecule has 0 aromatic rings. The lowest BCUT2D eigenvalue weighted by Crippen LogP contribution is -2.36. The summed E-state index contributed by atoms with van der Waals surface area (Å²) in [5, 5.41) is 0. The van der Waals surface area contributed by atoms with Crippen LogP contribution in [0.5, 0.6) is 0 Å². The van der Waals surface area contributed by atoms with E-state index in [0.29, 0.717) is 6.61 Å². The van der Waals surface area contributed by atoms with Crippen molar-refractivity contribution in [2.45, 2.75) is 33.6 Å². The smallest absolute Gasteiger partial charge is 0.326 e. The molecule has 5 nitrogen and oxygen atoms in total. The van der Waals surface area contributed by atoms with Crippen LogP contribution in [0.1, 0.15) is 33.6 Å². The number of imide groups is 1. The first-order chi connectivity index (χ1) is 7.99. The summed E-state index contributed by atoms with van der Waals surface area (Å²) in [5.74, 6) is -1.76. The Balaban J connectivity index is 2.49. The fourth-order valence-electron chi connectivity index (χ4n) is 1.69. The van der Waals surface area contributed by atoms with Crippen LogP contribution in [-0.4, -0.2) is 35.8 Å². The largest absolute Gasteiger partial charge is 0.464 e. The predicted octanol–water partition coefficient (Wildman–Crippen LogP) is 0.971. The van der Waals surface area contributed by atoms with Crippen molar-refractivity contribution in [2.75, 3.05) is 13.2 Å². The average Bonchev–Trinajstić information content (AvgIpc) is 2.47. The van der Waals surface area contributed by atoms with Crippen molar-refractivity contribution < 1.29 is 19.1 Å². The van der Waals surface area contributed by atoms with E-state index in [4.69, 9.17) is 4.74 Å². The summed E-state index contributed by atoms with van der Waals surface area (Å²) in [6, 6.07) is 0. The van der Waals surface area contributed by atoms with Gasteiger partial charge in [-0.2, -0.15) is 0 Å². The van der Waals surface area contributed by atoms with E-state index in [9.17, 15) is 14.4 Å². The molecule has 17 heavy (non-hydrogen) atoms. The maximum Gasteiger partial charge on any atom is 0.326 e. The van der Waals surface area contributed by atoms with Gasteiger partial charge in [0.25, 0.3) is 0 Å². The molecule has 1 aliphatic rings. The molecule has 0 spiro atoms. The van der Waals surface area contributed by atoms with Gasteiger partial charge in [-0.05, 0) is 6.42 Å². The van der Waals surface area contributed by atoms with Crippen molar-refractivity contribution in [1.82, 2.24) is 4.90 Å². The van der Waals surface area contributed by atoms with E-state index in [1.165, 1.54) is 0 Å². The molecular formula is C12H19NO4. The van der Waals surface area contributed by atoms with Crippen LogP contribution in [0.25, 0.3) is 0 Å². The van der Waals surface area contributed by atoms with Gasteiger partial charge in [0, 0.05) is 11.8 Å². The number of carbonyl (C=O) groups is 3. The van der Waals surface area contributed by atoms with Crippen LogP contribution in [-0.2, 0) is 19.1 Å². The highest BCUT2D eigenvalue weighted by molar-refractivity contribution is 6.06. The second-order valence-electron chi connectivity index (χ2n) is 4.41. The fourth-order valence-corrected chi connectivity index (χ4v) is 1.69. The summed E-state index contributed by atoms with van der Waals surface area (Å²) in [4.78, 5) is 35.8.